The lowest BCUT2D eigenvalue weighted by molar-refractivity contribution is 1.17. The summed E-state index contributed by atoms with van der Waals surface area (Å²) in [4.78, 5) is 10.5. The maximum atomic E-state index is 5.35. The van der Waals surface area contributed by atoms with Crippen molar-refractivity contribution in [3.63, 3.8) is 0 Å². The van der Waals surface area contributed by atoms with Crippen molar-refractivity contribution in [2.24, 2.45) is 0 Å². The highest BCUT2D eigenvalue weighted by Crippen LogP contribution is 2.45. The lowest BCUT2D eigenvalue weighted by Gasteiger charge is -2.16. The predicted molar refractivity (Wildman–Crippen MR) is 240 cm³/mol. The molecule has 0 atom stereocenters. The van der Waals surface area contributed by atoms with E-state index in [0.717, 1.165) is 71.8 Å². The van der Waals surface area contributed by atoms with Gasteiger partial charge in [-0.05, 0) is 54.1 Å². The number of para-hydroxylation sites is 3. The van der Waals surface area contributed by atoms with E-state index >= 15 is 0 Å². The van der Waals surface area contributed by atoms with Crippen LogP contribution in [0.25, 0.3) is 109 Å². The second-order valence-electron chi connectivity index (χ2n) is 14.5. The van der Waals surface area contributed by atoms with Crippen LogP contribution in [-0.4, -0.2) is 19.1 Å². The molecule has 4 aromatic heterocycles. The third kappa shape index (κ3) is 4.86. The van der Waals surface area contributed by atoms with Crippen molar-refractivity contribution in [2.75, 3.05) is 0 Å². The summed E-state index contributed by atoms with van der Waals surface area (Å²) in [6.45, 7) is 0. The van der Waals surface area contributed by atoms with Gasteiger partial charge in [-0.3, -0.25) is 0 Å². The predicted octanol–water partition coefficient (Wildman–Crippen LogP) is 14.0. The van der Waals surface area contributed by atoms with E-state index < -0.39 is 0 Å². The molecule has 0 unspecified atom stereocenters. The van der Waals surface area contributed by atoms with Crippen molar-refractivity contribution >= 4 is 75.3 Å². The van der Waals surface area contributed by atoms with Crippen LogP contribution in [0.5, 0.6) is 0 Å². The summed E-state index contributed by atoms with van der Waals surface area (Å²) < 4.78 is 7.21. The Kier molecular flexibility index (Phi) is 7.06. The van der Waals surface area contributed by atoms with Gasteiger partial charge in [0.25, 0.3) is 0 Å². The molecule has 0 fully saturated rings. The molecule has 0 aliphatic carbocycles. The van der Waals surface area contributed by atoms with E-state index in [1.807, 2.05) is 6.07 Å². The Balaban J connectivity index is 1.17. The second-order valence-corrected chi connectivity index (χ2v) is 15.6. The largest absolute Gasteiger partial charge is 0.309 e. The molecule has 0 saturated carbocycles. The first-order valence-electron chi connectivity index (χ1n) is 19.3. The van der Waals surface area contributed by atoms with Gasteiger partial charge in [0.05, 0.1) is 43.7 Å². The van der Waals surface area contributed by atoms with Crippen LogP contribution < -0.4 is 0 Å². The van der Waals surface area contributed by atoms with Crippen LogP contribution in [0.15, 0.2) is 194 Å². The van der Waals surface area contributed by atoms with E-state index in [0.29, 0.717) is 0 Å². The maximum absolute atomic E-state index is 5.35. The number of aromatic nitrogens is 4. The molecule has 0 bridgehead atoms. The summed E-state index contributed by atoms with van der Waals surface area (Å²) in [5.41, 5.74) is 13.3. The molecular weight excluding hydrogens is 713 g/mol. The number of fused-ring (bicyclic) bond motifs is 10. The Morgan fingerprint density at radius 1 is 0.421 bits per heavy atom. The van der Waals surface area contributed by atoms with Crippen LogP contribution in [0.3, 0.4) is 0 Å². The van der Waals surface area contributed by atoms with Crippen LogP contribution in [0.1, 0.15) is 0 Å². The number of hydrogen-bond acceptors (Lipinski definition) is 3. The minimum atomic E-state index is 0.729. The molecule has 8 aromatic carbocycles. The van der Waals surface area contributed by atoms with Crippen molar-refractivity contribution in [1.82, 2.24) is 19.1 Å². The second kappa shape index (κ2) is 12.6. The highest BCUT2D eigenvalue weighted by atomic mass is 32.1. The molecule has 0 aliphatic rings. The molecule has 12 aromatic rings. The van der Waals surface area contributed by atoms with Gasteiger partial charge in [0.2, 0.25) is 0 Å². The third-order valence-electron chi connectivity index (χ3n) is 11.3. The number of hydrogen-bond donors (Lipinski definition) is 0. The number of nitrogens with zero attached hydrogens (tertiary/aromatic N) is 4. The Bertz CT molecular complexity index is 3510. The first-order valence-corrected chi connectivity index (χ1v) is 20.1. The molecule has 4 nitrogen and oxygen atoms in total. The number of rotatable bonds is 5. The fraction of sp³-hybridized carbons (Fsp3) is 0. The van der Waals surface area contributed by atoms with Crippen LogP contribution in [-0.2, 0) is 0 Å². The van der Waals surface area contributed by atoms with E-state index in [4.69, 9.17) is 9.97 Å². The lowest BCUT2D eigenvalue weighted by atomic mass is 9.98. The topological polar surface area (TPSA) is 35.6 Å². The fourth-order valence-electron chi connectivity index (χ4n) is 8.84. The molecule has 0 saturated heterocycles. The highest BCUT2D eigenvalue weighted by Gasteiger charge is 2.23. The monoisotopic (exact) mass is 744 g/mol. The first kappa shape index (κ1) is 32.0. The molecule has 0 N–H and O–H groups in total. The molecule has 0 radical (unpaired) electrons. The highest BCUT2D eigenvalue weighted by molar-refractivity contribution is 7.26. The number of thiophene rings is 1. The Morgan fingerprint density at radius 2 is 1.05 bits per heavy atom. The standard InChI is InChI=1S/C52H32N4S/c1-4-16-33(17-5-1)41-32-35(48-51-49(40-24-12-15-27-46(40)57-51)54-52(53-48)34-18-6-2-7-19-34)28-30-44(41)56-43-26-14-11-23-39(43)47-45(56)31-29-38-37-22-10-13-25-42(37)55(50(38)47)36-20-8-3-9-21-36/h1-32H. The average molecular weight is 745 g/mol. The van der Waals surface area contributed by atoms with Crippen molar-refractivity contribution in [2.45, 2.75) is 0 Å². The van der Waals surface area contributed by atoms with E-state index in [1.165, 1.54) is 37.3 Å². The fourth-order valence-corrected chi connectivity index (χ4v) is 10.00. The molecular formula is C52H32N4S. The Labute approximate surface area is 332 Å². The van der Waals surface area contributed by atoms with Gasteiger partial charge in [-0.15, -0.1) is 11.3 Å². The van der Waals surface area contributed by atoms with Gasteiger partial charge in [-0.2, -0.15) is 0 Å². The maximum Gasteiger partial charge on any atom is 0.160 e. The molecule has 12 rings (SSSR count). The van der Waals surface area contributed by atoms with Crippen molar-refractivity contribution in [3.8, 4) is 45.1 Å². The van der Waals surface area contributed by atoms with Gasteiger partial charge in [0.15, 0.2) is 5.82 Å². The summed E-state index contributed by atoms with van der Waals surface area (Å²) in [5, 5.41) is 6.10. The smallest absolute Gasteiger partial charge is 0.160 e. The van der Waals surface area contributed by atoms with Gasteiger partial charge in [0.1, 0.15) is 0 Å². The van der Waals surface area contributed by atoms with Crippen molar-refractivity contribution in [1.29, 1.82) is 0 Å². The molecule has 5 heteroatoms. The molecule has 266 valence electrons. The summed E-state index contributed by atoms with van der Waals surface area (Å²) in [6.07, 6.45) is 0. The van der Waals surface area contributed by atoms with E-state index in [9.17, 15) is 0 Å². The zero-order chi connectivity index (χ0) is 37.5. The Hall–Kier alpha value is -7.34. The minimum absolute atomic E-state index is 0.729. The van der Waals surface area contributed by atoms with Gasteiger partial charge in [-0.1, -0.05) is 146 Å². The molecule has 0 amide bonds. The number of benzene rings is 8. The van der Waals surface area contributed by atoms with E-state index in [-0.39, 0.29) is 0 Å². The van der Waals surface area contributed by atoms with Crippen LogP contribution in [0.4, 0.5) is 0 Å². The molecule has 0 aliphatic heterocycles. The average Bonchev–Trinajstić information content (AvgIpc) is 3.94. The van der Waals surface area contributed by atoms with Crippen molar-refractivity contribution in [3.05, 3.63) is 194 Å². The zero-order valence-corrected chi connectivity index (χ0v) is 31.5. The van der Waals surface area contributed by atoms with E-state index in [2.05, 4.69) is 197 Å². The SMILES string of the molecule is c1ccc(-c2nc(-c3ccc(-n4c5ccccc5c5c4ccc4c6ccccc6n(-c6ccccc6)c45)c(-c4ccccc4)c3)c3sc4ccccc4c3n2)cc1. The first-order chi connectivity index (χ1) is 28.3. The molecule has 57 heavy (non-hydrogen) atoms. The van der Waals surface area contributed by atoms with Crippen LogP contribution in [0, 0.1) is 0 Å². The minimum Gasteiger partial charge on any atom is -0.309 e. The van der Waals surface area contributed by atoms with Gasteiger partial charge in [-0.25, -0.2) is 9.97 Å². The summed E-state index contributed by atoms with van der Waals surface area (Å²) in [7, 11) is 0. The van der Waals surface area contributed by atoms with Gasteiger partial charge < -0.3 is 9.13 Å². The van der Waals surface area contributed by atoms with Crippen LogP contribution in [0.2, 0.25) is 0 Å². The lowest BCUT2D eigenvalue weighted by Crippen LogP contribution is -1.99. The quantitative estimate of drug-likeness (QED) is 0.176. The summed E-state index contributed by atoms with van der Waals surface area (Å²) in [5.74, 6) is 0.729. The van der Waals surface area contributed by atoms with Gasteiger partial charge in [0, 0.05) is 54.0 Å². The zero-order valence-electron chi connectivity index (χ0n) is 30.7. The van der Waals surface area contributed by atoms with Crippen LogP contribution >= 0.6 is 11.3 Å². The van der Waals surface area contributed by atoms with E-state index in [1.54, 1.807) is 11.3 Å². The molecule has 0 spiro atoms. The van der Waals surface area contributed by atoms with Gasteiger partial charge >= 0.3 is 0 Å². The molecule has 4 heterocycles. The summed E-state index contributed by atoms with van der Waals surface area (Å²) >= 11 is 1.76. The Morgan fingerprint density at radius 3 is 1.82 bits per heavy atom. The summed E-state index contributed by atoms with van der Waals surface area (Å²) in [6, 6.07) is 69.6. The third-order valence-corrected chi connectivity index (χ3v) is 12.5. The normalized spacial score (nSPS) is 11.9. The van der Waals surface area contributed by atoms with Crippen molar-refractivity contribution < 1.29 is 0 Å².